The Morgan fingerprint density at radius 1 is 1.24 bits per heavy atom. The number of aromatic nitrogens is 1. The first-order chi connectivity index (χ1) is 7.72. The molecule has 3 heteroatoms. The molecular weight excluding hydrogens is 210 g/mol. The summed E-state index contributed by atoms with van der Waals surface area (Å²) in [5.41, 5.74) is 1.69. The van der Waals surface area contributed by atoms with Gasteiger partial charge >= 0.3 is 0 Å². The van der Waals surface area contributed by atoms with Crippen LogP contribution in [-0.4, -0.2) is 10.5 Å². The van der Waals surface area contributed by atoms with Gasteiger partial charge in [-0.05, 0) is 37.8 Å². The van der Waals surface area contributed by atoms with Crippen molar-refractivity contribution in [2.45, 2.75) is 46.6 Å². The lowest BCUT2D eigenvalue weighted by molar-refractivity contribution is 0.302. The molecule has 0 saturated carbocycles. The topological polar surface area (TPSA) is 48.7 Å². The molecule has 0 atom stereocenters. The van der Waals surface area contributed by atoms with Crippen LogP contribution in [0.15, 0.2) is 18.3 Å². The molecule has 1 rings (SSSR count). The summed E-state index contributed by atoms with van der Waals surface area (Å²) in [5.74, 6) is 0. The van der Waals surface area contributed by atoms with Gasteiger partial charge in [0, 0.05) is 5.54 Å². The number of anilines is 1. The van der Waals surface area contributed by atoms with Gasteiger partial charge in [0.2, 0.25) is 0 Å². The maximum Gasteiger partial charge on any atom is 0.140 e. The second-order valence-corrected chi connectivity index (χ2v) is 6.29. The molecule has 92 valence electrons. The molecule has 0 unspecified atom stereocenters. The van der Waals surface area contributed by atoms with E-state index in [1.165, 1.54) is 0 Å². The van der Waals surface area contributed by atoms with Crippen LogP contribution in [0.25, 0.3) is 0 Å². The minimum absolute atomic E-state index is 0.00803. The van der Waals surface area contributed by atoms with Crippen molar-refractivity contribution in [1.82, 2.24) is 4.98 Å². The lowest BCUT2D eigenvalue weighted by Gasteiger charge is -2.34. The summed E-state index contributed by atoms with van der Waals surface area (Å²) >= 11 is 0. The smallest absolute Gasteiger partial charge is 0.140 e. The lowest BCUT2D eigenvalue weighted by atomic mass is 9.82. The fourth-order valence-corrected chi connectivity index (χ4v) is 2.29. The van der Waals surface area contributed by atoms with Crippen LogP contribution in [0.3, 0.4) is 0 Å². The molecule has 0 saturated heterocycles. The zero-order chi connectivity index (χ0) is 13.1. The van der Waals surface area contributed by atoms with Crippen molar-refractivity contribution in [3.63, 3.8) is 0 Å². The highest BCUT2D eigenvalue weighted by atomic mass is 15.0. The van der Waals surface area contributed by atoms with Gasteiger partial charge in [-0.2, -0.15) is 5.26 Å². The second kappa shape index (κ2) is 4.75. The molecule has 0 aromatic carbocycles. The molecule has 17 heavy (non-hydrogen) atoms. The highest BCUT2D eigenvalue weighted by Crippen LogP contribution is 2.29. The number of nitriles is 1. The van der Waals surface area contributed by atoms with E-state index in [0.717, 1.165) is 12.1 Å². The fourth-order valence-electron chi connectivity index (χ4n) is 2.29. The lowest BCUT2D eigenvalue weighted by Crippen LogP contribution is -2.35. The zero-order valence-corrected chi connectivity index (χ0v) is 11.3. The number of hydrogen-bond acceptors (Lipinski definition) is 3. The van der Waals surface area contributed by atoms with Crippen molar-refractivity contribution in [2.75, 3.05) is 5.32 Å². The summed E-state index contributed by atoms with van der Waals surface area (Å²) in [4.78, 5) is 4.05. The van der Waals surface area contributed by atoms with Crippen molar-refractivity contribution in [3.05, 3.63) is 24.0 Å². The van der Waals surface area contributed by atoms with Gasteiger partial charge in [-0.3, -0.25) is 0 Å². The van der Waals surface area contributed by atoms with Crippen molar-refractivity contribution in [2.24, 2.45) is 5.41 Å². The predicted octanol–water partition coefficient (Wildman–Crippen LogP) is 3.58. The van der Waals surface area contributed by atoms with Crippen LogP contribution in [-0.2, 0) is 0 Å². The van der Waals surface area contributed by atoms with Gasteiger partial charge in [0.05, 0.1) is 11.9 Å². The monoisotopic (exact) mass is 231 g/mol. The van der Waals surface area contributed by atoms with Crippen molar-refractivity contribution in [3.8, 4) is 6.07 Å². The summed E-state index contributed by atoms with van der Waals surface area (Å²) in [7, 11) is 0. The minimum atomic E-state index is 0.00803. The minimum Gasteiger partial charge on any atom is -0.379 e. The summed E-state index contributed by atoms with van der Waals surface area (Å²) in [5, 5.41) is 12.1. The Morgan fingerprint density at radius 3 is 2.29 bits per heavy atom. The number of nitrogens with zero attached hydrogens (tertiary/aromatic N) is 2. The Labute approximate surface area is 104 Å². The van der Waals surface area contributed by atoms with Crippen molar-refractivity contribution in [1.29, 1.82) is 5.26 Å². The van der Waals surface area contributed by atoms with Gasteiger partial charge in [-0.15, -0.1) is 0 Å². The summed E-state index contributed by atoms with van der Waals surface area (Å²) in [6, 6.07) is 5.65. The van der Waals surface area contributed by atoms with Crippen LogP contribution in [0.1, 0.15) is 46.7 Å². The van der Waals surface area contributed by atoms with Gasteiger partial charge in [-0.25, -0.2) is 4.98 Å². The molecule has 3 nitrogen and oxygen atoms in total. The average molecular weight is 231 g/mol. The summed E-state index contributed by atoms with van der Waals surface area (Å²) in [6.07, 6.45) is 2.77. The van der Waals surface area contributed by atoms with E-state index in [-0.39, 0.29) is 11.0 Å². The fraction of sp³-hybridized carbons (Fsp3) is 0.571. The van der Waals surface area contributed by atoms with Gasteiger partial charge in [0.25, 0.3) is 0 Å². The Kier molecular flexibility index (Phi) is 3.77. The molecule has 0 aliphatic rings. The van der Waals surface area contributed by atoms with E-state index in [2.05, 4.69) is 44.9 Å². The van der Waals surface area contributed by atoms with E-state index in [9.17, 15) is 0 Å². The van der Waals surface area contributed by atoms with Gasteiger partial charge in [0.15, 0.2) is 0 Å². The zero-order valence-electron chi connectivity index (χ0n) is 11.3. The third kappa shape index (κ3) is 4.86. The molecule has 1 N–H and O–H groups in total. The van der Waals surface area contributed by atoms with Crippen LogP contribution in [0.2, 0.25) is 0 Å². The highest BCUT2D eigenvalue weighted by Gasteiger charge is 2.25. The van der Waals surface area contributed by atoms with Crippen molar-refractivity contribution >= 4 is 5.69 Å². The summed E-state index contributed by atoms with van der Waals surface area (Å²) < 4.78 is 0. The Bertz CT molecular complexity index is 405. The Balaban J connectivity index is 2.73. The van der Waals surface area contributed by atoms with E-state index in [0.29, 0.717) is 5.69 Å². The second-order valence-electron chi connectivity index (χ2n) is 6.29. The molecule has 0 bridgehead atoms. The molecule has 0 spiro atoms. The van der Waals surface area contributed by atoms with E-state index < -0.39 is 0 Å². The average Bonchev–Trinajstić information content (AvgIpc) is 2.14. The molecular formula is C14H21N3. The van der Waals surface area contributed by atoms with Gasteiger partial charge < -0.3 is 5.32 Å². The molecule has 0 amide bonds. The standard InChI is InChI=1S/C14H21N3/c1-13(2,3)10-14(4,5)17-12-7-6-11(8-15)16-9-12/h6-7,9,17H,10H2,1-5H3. The highest BCUT2D eigenvalue weighted by molar-refractivity contribution is 5.44. The quantitative estimate of drug-likeness (QED) is 0.865. The third-order valence-corrected chi connectivity index (χ3v) is 2.33. The molecule has 0 fully saturated rings. The molecule has 0 aliphatic carbocycles. The van der Waals surface area contributed by atoms with Crippen LogP contribution in [0.5, 0.6) is 0 Å². The Morgan fingerprint density at radius 2 is 1.88 bits per heavy atom. The molecule has 1 aromatic rings. The number of pyridine rings is 1. The molecule has 0 aliphatic heterocycles. The maximum atomic E-state index is 8.68. The van der Waals surface area contributed by atoms with E-state index in [1.807, 2.05) is 12.1 Å². The SMILES string of the molecule is CC(C)(C)CC(C)(C)Nc1ccc(C#N)nc1. The van der Waals surface area contributed by atoms with E-state index >= 15 is 0 Å². The number of hydrogen-bond donors (Lipinski definition) is 1. The Hall–Kier alpha value is -1.56. The number of rotatable bonds is 3. The van der Waals surface area contributed by atoms with Crippen LogP contribution < -0.4 is 5.32 Å². The summed E-state index contributed by atoms with van der Waals surface area (Å²) in [6.45, 7) is 11.0. The third-order valence-electron chi connectivity index (χ3n) is 2.33. The first-order valence-electron chi connectivity index (χ1n) is 5.86. The van der Waals surface area contributed by atoms with E-state index in [1.54, 1.807) is 12.3 Å². The van der Waals surface area contributed by atoms with Crippen LogP contribution in [0.4, 0.5) is 5.69 Å². The normalized spacial score (nSPS) is 12.0. The number of nitrogens with one attached hydrogen (secondary N) is 1. The first kappa shape index (κ1) is 13.5. The van der Waals surface area contributed by atoms with Gasteiger partial charge in [0.1, 0.15) is 11.8 Å². The predicted molar refractivity (Wildman–Crippen MR) is 70.7 cm³/mol. The largest absolute Gasteiger partial charge is 0.379 e. The van der Waals surface area contributed by atoms with Crippen molar-refractivity contribution < 1.29 is 0 Å². The van der Waals surface area contributed by atoms with Gasteiger partial charge in [-0.1, -0.05) is 20.8 Å². The molecule has 0 radical (unpaired) electrons. The molecule has 1 heterocycles. The van der Waals surface area contributed by atoms with Crippen LogP contribution >= 0.6 is 0 Å². The molecule has 1 aromatic heterocycles. The maximum absolute atomic E-state index is 8.68. The van der Waals surface area contributed by atoms with Crippen LogP contribution in [0, 0.1) is 16.7 Å². The van der Waals surface area contributed by atoms with E-state index in [4.69, 9.17) is 5.26 Å². The first-order valence-corrected chi connectivity index (χ1v) is 5.86.